The second-order valence-electron chi connectivity index (χ2n) is 7.27. The van der Waals surface area contributed by atoms with E-state index in [0.29, 0.717) is 12.0 Å². The highest BCUT2D eigenvalue weighted by molar-refractivity contribution is 5.69. The highest BCUT2D eigenvalue weighted by Gasteiger charge is 2.33. The van der Waals surface area contributed by atoms with Gasteiger partial charge in [0.05, 0.1) is 6.54 Å². The van der Waals surface area contributed by atoms with Gasteiger partial charge in [0.1, 0.15) is 0 Å². The van der Waals surface area contributed by atoms with E-state index in [1.165, 1.54) is 44.9 Å². The molecule has 0 aromatic heterocycles. The van der Waals surface area contributed by atoms with E-state index >= 15 is 0 Å². The van der Waals surface area contributed by atoms with Crippen molar-refractivity contribution in [2.75, 3.05) is 26.2 Å². The highest BCUT2D eigenvalue weighted by atomic mass is 16.4. The van der Waals surface area contributed by atoms with Gasteiger partial charge in [-0.1, -0.05) is 19.3 Å². The summed E-state index contributed by atoms with van der Waals surface area (Å²) in [6.45, 7) is 3.26. The Balaban J connectivity index is 1.48. The van der Waals surface area contributed by atoms with E-state index in [1.807, 2.05) is 0 Å². The number of carbonyl (C=O) groups is 1. The van der Waals surface area contributed by atoms with E-state index in [0.717, 1.165) is 31.5 Å². The van der Waals surface area contributed by atoms with Crippen molar-refractivity contribution in [3.05, 3.63) is 0 Å². The molecule has 2 N–H and O–H groups in total. The van der Waals surface area contributed by atoms with Crippen molar-refractivity contribution in [3.8, 4) is 0 Å². The normalized spacial score (nSPS) is 32.0. The van der Waals surface area contributed by atoms with Crippen LogP contribution in [0.25, 0.3) is 0 Å². The van der Waals surface area contributed by atoms with Crippen LogP contribution < -0.4 is 5.32 Å². The maximum Gasteiger partial charge on any atom is 0.317 e. The number of carboxylic acid groups (broad SMARTS) is 1. The zero-order chi connectivity index (χ0) is 13.9. The molecule has 1 saturated heterocycles. The Morgan fingerprint density at radius 2 is 1.90 bits per heavy atom. The third-order valence-corrected chi connectivity index (χ3v) is 5.26. The fraction of sp³-hybridized carbons (Fsp3) is 0.938. The number of nitrogens with one attached hydrogen (secondary N) is 1. The van der Waals surface area contributed by atoms with Crippen LogP contribution in [0.4, 0.5) is 0 Å². The first kappa shape index (κ1) is 14.3. The van der Waals surface area contributed by atoms with Crippen LogP contribution >= 0.6 is 0 Å². The van der Waals surface area contributed by atoms with Gasteiger partial charge in [0, 0.05) is 19.1 Å². The van der Waals surface area contributed by atoms with Gasteiger partial charge in [0.2, 0.25) is 0 Å². The van der Waals surface area contributed by atoms with Crippen molar-refractivity contribution >= 4 is 5.97 Å². The Morgan fingerprint density at radius 3 is 2.50 bits per heavy atom. The first-order valence-electron chi connectivity index (χ1n) is 8.36. The molecule has 0 aromatic carbocycles. The molecule has 114 valence electrons. The van der Waals surface area contributed by atoms with Gasteiger partial charge in [0.15, 0.2) is 0 Å². The molecule has 2 saturated carbocycles. The first-order valence-corrected chi connectivity index (χ1v) is 8.36. The fourth-order valence-corrected chi connectivity index (χ4v) is 3.80. The minimum absolute atomic E-state index is 0.211. The molecule has 0 amide bonds. The summed E-state index contributed by atoms with van der Waals surface area (Å²) in [5.74, 6) is 1.84. The number of carboxylic acids is 1. The van der Waals surface area contributed by atoms with Crippen LogP contribution in [0.2, 0.25) is 0 Å². The molecule has 1 heterocycles. The van der Waals surface area contributed by atoms with Crippen molar-refractivity contribution in [1.82, 2.24) is 10.2 Å². The van der Waals surface area contributed by atoms with Crippen LogP contribution in [0.5, 0.6) is 0 Å². The summed E-state index contributed by atoms with van der Waals surface area (Å²) >= 11 is 0. The lowest BCUT2D eigenvalue weighted by Crippen LogP contribution is -2.51. The van der Waals surface area contributed by atoms with Crippen molar-refractivity contribution in [3.63, 3.8) is 0 Å². The van der Waals surface area contributed by atoms with Crippen LogP contribution in [-0.2, 0) is 4.79 Å². The molecule has 4 heteroatoms. The third-order valence-electron chi connectivity index (χ3n) is 5.26. The van der Waals surface area contributed by atoms with Gasteiger partial charge in [0.25, 0.3) is 0 Å². The Hall–Kier alpha value is -0.610. The van der Waals surface area contributed by atoms with Crippen molar-refractivity contribution in [1.29, 1.82) is 0 Å². The van der Waals surface area contributed by atoms with Crippen LogP contribution in [-0.4, -0.2) is 48.2 Å². The molecule has 4 nitrogen and oxygen atoms in total. The standard InChI is InChI=1S/C16H28N2O2/c19-16(20)11-18-9-14(6-12-4-5-12)7-15(10-18)17-8-13-2-1-3-13/h12-15,17H,1-11H2,(H,19,20). The largest absolute Gasteiger partial charge is 0.480 e. The van der Waals surface area contributed by atoms with Gasteiger partial charge in [-0.25, -0.2) is 0 Å². The van der Waals surface area contributed by atoms with E-state index in [-0.39, 0.29) is 6.54 Å². The van der Waals surface area contributed by atoms with Gasteiger partial charge in [-0.05, 0) is 50.0 Å². The molecule has 3 fully saturated rings. The van der Waals surface area contributed by atoms with Gasteiger partial charge >= 0.3 is 5.97 Å². The molecule has 2 aliphatic carbocycles. The molecule has 0 radical (unpaired) electrons. The van der Waals surface area contributed by atoms with E-state index in [9.17, 15) is 4.79 Å². The van der Waals surface area contributed by atoms with Crippen LogP contribution in [0, 0.1) is 17.8 Å². The SMILES string of the molecule is O=C(O)CN1CC(CC2CC2)CC(NCC2CCC2)C1. The van der Waals surface area contributed by atoms with Crippen LogP contribution in [0.1, 0.15) is 44.9 Å². The third kappa shape index (κ3) is 4.19. The van der Waals surface area contributed by atoms with Gasteiger partial charge in [-0.3, -0.25) is 9.69 Å². The number of hydrogen-bond donors (Lipinski definition) is 2. The lowest BCUT2D eigenvalue weighted by Gasteiger charge is -2.39. The monoisotopic (exact) mass is 280 g/mol. The zero-order valence-electron chi connectivity index (χ0n) is 12.4. The van der Waals surface area contributed by atoms with Gasteiger partial charge < -0.3 is 10.4 Å². The van der Waals surface area contributed by atoms with Crippen molar-refractivity contribution in [2.24, 2.45) is 17.8 Å². The fourth-order valence-electron chi connectivity index (χ4n) is 3.80. The molecule has 0 spiro atoms. The number of rotatable bonds is 7. The quantitative estimate of drug-likeness (QED) is 0.748. The number of likely N-dealkylation sites (tertiary alicyclic amines) is 1. The first-order chi connectivity index (χ1) is 9.69. The van der Waals surface area contributed by atoms with Gasteiger partial charge in [-0.2, -0.15) is 0 Å². The lowest BCUT2D eigenvalue weighted by molar-refractivity contribution is -0.138. The number of piperidine rings is 1. The second-order valence-corrected chi connectivity index (χ2v) is 7.27. The minimum Gasteiger partial charge on any atom is -0.480 e. The molecule has 3 rings (SSSR count). The summed E-state index contributed by atoms with van der Waals surface area (Å²) in [4.78, 5) is 13.1. The van der Waals surface area contributed by atoms with E-state index in [2.05, 4.69) is 10.2 Å². The molecule has 2 atom stereocenters. The summed E-state index contributed by atoms with van der Waals surface area (Å²) < 4.78 is 0. The number of hydrogen-bond acceptors (Lipinski definition) is 3. The molecule has 2 unspecified atom stereocenters. The molecule has 3 aliphatic rings. The van der Waals surface area contributed by atoms with Crippen LogP contribution in [0.15, 0.2) is 0 Å². The predicted molar refractivity (Wildman–Crippen MR) is 78.7 cm³/mol. The van der Waals surface area contributed by atoms with E-state index in [1.54, 1.807) is 0 Å². The van der Waals surface area contributed by atoms with E-state index < -0.39 is 5.97 Å². The molecule has 20 heavy (non-hydrogen) atoms. The lowest BCUT2D eigenvalue weighted by atomic mass is 9.84. The predicted octanol–water partition coefficient (Wildman–Crippen LogP) is 1.95. The highest BCUT2D eigenvalue weighted by Crippen LogP contribution is 2.37. The Labute approximate surface area is 121 Å². The second kappa shape index (κ2) is 6.44. The Bertz CT molecular complexity index is 339. The average molecular weight is 280 g/mol. The summed E-state index contributed by atoms with van der Waals surface area (Å²) in [5.41, 5.74) is 0. The molecular weight excluding hydrogens is 252 g/mol. The number of aliphatic carboxylic acids is 1. The Morgan fingerprint density at radius 1 is 1.10 bits per heavy atom. The molecule has 0 aromatic rings. The number of nitrogens with zero attached hydrogens (tertiary/aromatic N) is 1. The summed E-state index contributed by atoms with van der Waals surface area (Å²) in [5, 5.41) is 12.8. The molecular formula is C16H28N2O2. The maximum absolute atomic E-state index is 11.0. The summed E-state index contributed by atoms with van der Waals surface area (Å²) in [6, 6.07) is 0.507. The smallest absolute Gasteiger partial charge is 0.317 e. The van der Waals surface area contributed by atoms with Gasteiger partial charge in [-0.15, -0.1) is 0 Å². The maximum atomic E-state index is 11.0. The molecule has 0 bridgehead atoms. The van der Waals surface area contributed by atoms with Crippen molar-refractivity contribution < 1.29 is 9.90 Å². The average Bonchev–Trinajstić information content (AvgIpc) is 3.09. The molecule has 1 aliphatic heterocycles. The van der Waals surface area contributed by atoms with Crippen LogP contribution in [0.3, 0.4) is 0 Å². The van der Waals surface area contributed by atoms with E-state index in [4.69, 9.17) is 5.11 Å². The zero-order valence-corrected chi connectivity index (χ0v) is 12.4. The summed E-state index contributed by atoms with van der Waals surface area (Å²) in [6.07, 6.45) is 9.52. The topological polar surface area (TPSA) is 52.6 Å². The van der Waals surface area contributed by atoms with Crippen molar-refractivity contribution in [2.45, 2.75) is 51.0 Å². The minimum atomic E-state index is -0.685. The Kier molecular flexibility index (Phi) is 4.61. The summed E-state index contributed by atoms with van der Waals surface area (Å²) in [7, 11) is 0.